The summed E-state index contributed by atoms with van der Waals surface area (Å²) in [5.41, 5.74) is 2.76. The van der Waals surface area contributed by atoms with Crippen molar-refractivity contribution in [3.8, 4) is 0 Å². The topological polar surface area (TPSA) is 23.5 Å². The Balaban J connectivity index is 1.68. The molecule has 2 aromatic carbocycles. The molecule has 128 valence electrons. The molecule has 1 aliphatic carbocycles. The molecule has 2 nitrogen and oxygen atoms in total. The summed E-state index contributed by atoms with van der Waals surface area (Å²) in [4.78, 5) is 2.59. The summed E-state index contributed by atoms with van der Waals surface area (Å²) in [7, 11) is 0. The van der Waals surface area contributed by atoms with E-state index in [2.05, 4.69) is 65.6 Å². The third-order valence-electron chi connectivity index (χ3n) is 5.01. The molecule has 24 heavy (non-hydrogen) atoms. The van der Waals surface area contributed by atoms with Gasteiger partial charge in [-0.25, -0.2) is 0 Å². The summed E-state index contributed by atoms with van der Waals surface area (Å²) in [6.45, 7) is 3.45. The number of benzene rings is 2. The van der Waals surface area contributed by atoms with Gasteiger partial charge in [-0.15, -0.1) is 0 Å². The molecule has 0 aliphatic heterocycles. The van der Waals surface area contributed by atoms with Gasteiger partial charge in [0.05, 0.1) is 0 Å². The highest BCUT2D eigenvalue weighted by Gasteiger charge is 2.31. The maximum atomic E-state index is 9.21. The SMILES string of the molecule is OCCC[C@H](CN(Cc1ccccc1)Cc1ccccc1)C1CC1. The van der Waals surface area contributed by atoms with E-state index in [1.165, 1.54) is 24.0 Å². The van der Waals surface area contributed by atoms with Gasteiger partial charge in [0.1, 0.15) is 0 Å². The Hall–Kier alpha value is -1.64. The number of rotatable bonds is 10. The zero-order chi connectivity index (χ0) is 16.6. The predicted molar refractivity (Wildman–Crippen MR) is 99.5 cm³/mol. The van der Waals surface area contributed by atoms with Crippen LogP contribution >= 0.6 is 0 Å². The van der Waals surface area contributed by atoms with Crippen LogP contribution in [0.3, 0.4) is 0 Å². The lowest BCUT2D eigenvalue weighted by molar-refractivity contribution is 0.184. The highest BCUT2D eigenvalue weighted by Crippen LogP contribution is 2.39. The lowest BCUT2D eigenvalue weighted by atomic mass is 9.96. The summed E-state index contributed by atoms with van der Waals surface area (Å²) in [6.07, 6.45) is 4.84. The van der Waals surface area contributed by atoms with Crippen LogP contribution in [0.1, 0.15) is 36.8 Å². The van der Waals surface area contributed by atoms with E-state index < -0.39 is 0 Å². The van der Waals surface area contributed by atoms with E-state index in [-0.39, 0.29) is 0 Å². The molecule has 1 aliphatic rings. The fourth-order valence-corrected chi connectivity index (χ4v) is 3.60. The van der Waals surface area contributed by atoms with Crippen molar-refractivity contribution >= 4 is 0 Å². The second kappa shape index (κ2) is 9.00. The van der Waals surface area contributed by atoms with E-state index >= 15 is 0 Å². The van der Waals surface area contributed by atoms with Crippen molar-refractivity contribution in [2.75, 3.05) is 13.2 Å². The Labute approximate surface area is 146 Å². The molecule has 0 aromatic heterocycles. The number of hydrogen-bond donors (Lipinski definition) is 1. The van der Waals surface area contributed by atoms with Crippen molar-refractivity contribution in [3.63, 3.8) is 0 Å². The fraction of sp³-hybridized carbons (Fsp3) is 0.455. The predicted octanol–water partition coefficient (Wildman–Crippen LogP) is 4.49. The van der Waals surface area contributed by atoms with Crippen LogP contribution in [-0.4, -0.2) is 23.2 Å². The molecule has 1 fully saturated rings. The Morgan fingerprint density at radius 2 is 1.42 bits per heavy atom. The van der Waals surface area contributed by atoms with Crippen molar-refractivity contribution < 1.29 is 5.11 Å². The summed E-state index contributed by atoms with van der Waals surface area (Å²) < 4.78 is 0. The highest BCUT2D eigenvalue weighted by atomic mass is 16.2. The minimum absolute atomic E-state index is 0.320. The number of aliphatic hydroxyl groups excluding tert-OH is 1. The van der Waals surface area contributed by atoms with Crippen molar-refractivity contribution in [1.82, 2.24) is 4.90 Å². The first-order valence-electron chi connectivity index (χ1n) is 9.26. The van der Waals surface area contributed by atoms with Gasteiger partial charge < -0.3 is 5.11 Å². The van der Waals surface area contributed by atoms with Crippen LogP contribution in [-0.2, 0) is 13.1 Å². The lowest BCUT2D eigenvalue weighted by Gasteiger charge is -2.28. The van der Waals surface area contributed by atoms with Crippen LogP contribution in [0.4, 0.5) is 0 Å². The van der Waals surface area contributed by atoms with Gasteiger partial charge in [-0.05, 0) is 48.6 Å². The second-order valence-corrected chi connectivity index (χ2v) is 7.10. The van der Waals surface area contributed by atoms with Crippen LogP contribution in [0, 0.1) is 11.8 Å². The van der Waals surface area contributed by atoms with Crippen molar-refractivity contribution in [2.45, 2.75) is 38.8 Å². The third-order valence-corrected chi connectivity index (χ3v) is 5.01. The van der Waals surface area contributed by atoms with Gasteiger partial charge in [0, 0.05) is 26.2 Å². The summed E-state index contributed by atoms with van der Waals surface area (Å²) in [5.74, 6) is 1.61. The van der Waals surface area contributed by atoms with E-state index in [0.717, 1.165) is 44.3 Å². The summed E-state index contributed by atoms with van der Waals surface area (Å²) in [5, 5.41) is 9.21. The van der Waals surface area contributed by atoms with E-state index in [9.17, 15) is 5.11 Å². The molecule has 0 spiro atoms. The first kappa shape index (κ1) is 17.2. The fourth-order valence-electron chi connectivity index (χ4n) is 3.60. The summed E-state index contributed by atoms with van der Waals surface area (Å²) in [6, 6.07) is 21.5. The molecule has 1 saturated carbocycles. The van der Waals surface area contributed by atoms with Crippen molar-refractivity contribution in [2.24, 2.45) is 11.8 Å². The highest BCUT2D eigenvalue weighted by molar-refractivity contribution is 5.17. The molecule has 0 saturated heterocycles. The molecular formula is C22H29NO. The molecule has 0 bridgehead atoms. The lowest BCUT2D eigenvalue weighted by Crippen LogP contribution is -2.30. The number of nitrogens with zero attached hydrogens (tertiary/aromatic N) is 1. The number of hydrogen-bond acceptors (Lipinski definition) is 2. The van der Waals surface area contributed by atoms with E-state index in [4.69, 9.17) is 0 Å². The third kappa shape index (κ3) is 5.47. The summed E-state index contributed by atoms with van der Waals surface area (Å²) >= 11 is 0. The van der Waals surface area contributed by atoms with Gasteiger partial charge in [-0.3, -0.25) is 4.90 Å². The van der Waals surface area contributed by atoms with Crippen LogP contribution in [0.5, 0.6) is 0 Å². The molecule has 0 radical (unpaired) electrons. The molecule has 2 aromatic rings. The Kier molecular flexibility index (Phi) is 6.45. The smallest absolute Gasteiger partial charge is 0.0431 e. The van der Waals surface area contributed by atoms with Crippen LogP contribution in [0.2, 0.25) is 0 Å². The zero-order valence-corrected chi connectivity index (χ0v) is 14.5. The molecule has 2 heteroatoms. The second-order valence-electron chi connectivity index (χ2n) is 7.10. The van der Waals surface area contributed by atoms with Crippen LogP contribution in [0.25, 0.3) is 0 Å². The van der Waals surface area contributed by atoms with Crippen LogP contribution in [0.15, 0.2) is 60.7 Å². The maximum Gasteiger partial charge on any atom is 0.0431 e. The van der Waals surface area contributed by atoms with Gasteiger partial charge in [0.2, 0.25) is 0 Å². The normalized spacial score (nSPS) is 15.6. The number of aliphatic hydroxyl groups is 1. The molecule has 0 unspecified atom stereocenters. The maximum absolute atomic E-state index is 9.21. The molecule has 1 N–H and O–H groups in total. The minimum Gasteiger partial charge on any atom is -0.396 e. The van der Waals surface area contributed by atoms with Gasteiger partial charge in [0.15, 0.2) is 0 Å². The molecular weight excluding hydrogens is 294 g/mol. The monoisotopic (exact) mass is 323 g/mol. The average Bonchev–Trinajstić information content (AvgIpc) is 3.45. The molecule has 0 heterocycles. The van der Waals surface area contributed by atoms with E-state index in [1.807, 2.05) is 0 Å². The molecule has 0 amide bonds. The zero-order valence-electron chi connectivity index (χ0n) is 14.5. The Bertz CT molecular complexity index is 538. The first-order chi connectivity index (χ1) is 11.8. The van der Waals surface area contributed by atoms with Gasteiger partial charge in [-0.1, -0.05) is 60.7 Å². The Morgan fingerprint density at radius 1 is 0.875 bits per heavy atom. The van der Waals surface area contributed by atoms with Gasteiger partial charge in [-0.2, -0.15) is 0 Å². The molecule has 3 rings (SSSR count). The van der Waals surface area contributed by atoms with Gasteiger partial charge >= 0.3 is 0 Å². The van der Waals surface area contributed by atoms with Crippen LogP contribution < -0.4 is 0 Å². The van der Waals surface area contributed by atoms with Crippen molar-refractivity contribution in [3.05, 3.63) is 71.8 Å². The first-order valence-corrected chi connectivity index (χ1v) is 9.26. The molecule has 1 atom stereocenters. The minimum atomic E-state index is 0.320. The largest absolute Gasteiger partial charge is 0.396 e. The average molecular weight is 323 g/mol. The van der Waals surface area contributed by atoms with E-state index in [1.54, 1.807) is 0 Å². The van der Waals surface area contributed by atoms with Gasteiger partial charge in [0.25, 0.3) is 0 Å². The Morgan fingerprint density at radius 3 is 1.88 bits per heavy atom. The van der Waals surface area contributed by atoms with E-state index in [0.29, 0.717) is 6.61 Å². The van der Waals surface area contributed by atoms with Crippen molar-refractivity contribution in [1.29, 1.82) is 0 Å². The quantitative estimate of drug-likeness (QED) is 0.696. The standard InChI is InChI=1S/C22H29NO/c24-15-7-12-22(21-13-14-21)18-23(16-19-8-3-1-4-9-19)17-20-10-5-2-6-11-20/h1-6,8-11,21-22,24H,7,12-18H2/t22-/m1/s1.